The number of allylic oxidation sites excluding steroid dienone is 2. The third-order valence-electron chi connectivity index (χ3n) is 6.62. The van der Waals surface area contributed by atoms with E-state index >= 15 is 0 Å². The van der Waals surface area contributed by atoms with Crippen LogP contribution in [0.25, 0.3) is 0 Å². The first-order valence-electron chi connectivity index (χ1n) is 10.2. The standard InChI is InChI=1S/C22H21N3O5/c26-17-7-6-16(20(28)24-17)25-21(29)14-3-1-2-13(18(14)22(25)30)10-23-19(27)15-9-11-4-5-12(15)8-11/h1-5,11-12,15-16H,6-10H2,(H,23,27)(H,24,26,28)/t11-,12?,15?,16?/m0/s1. The number of rotatable bonds is 4. The van der Waals surface area contributed by atoms with Gasteiger partial charge in [0.25, 0.3) is 11.8 Å². The minimum Gasteiger partial charge on any atom is -0.352 e. The van der Waals surface area contributed by atoms with Gasteiger partial charge in [0.1, 0.15) is 6.04 Å². The lowest BCUT2D eigenvalue weighted by Crippen LogP contribution is -2.54. The molecule has 4 aliphatic rings. The number of nitrogens with one attached hydrogen (secondary N) is 2. The van der Waals surface area contributed by atoms with Gasteiger partial charge in [0.2, 0.25) is 17.7 Å². The number of carbonyl (C=O) groups excluding carboxylic acids is 5. The second kappa shape index (κ2) is 6.90. The van der Waals surface area contributed by atoms with Crippen LogP contribution in [0, 0.1) is 17.8 Å². The van der Waals surface area contributed by atoms with Gasteiger partial charge >= 0.3 is 0 Å². The number of hydrogen-bond donors (Lipinski definition) is 2. The Morgan fingerprint density at radius 1 is 1.10 bits per heavy atom. The molecule has 2 heterocycles. The van der Waals surface area contributed by atoms with Crippen molar-refractivity contribution in [3.8, 4) is 0 Å². The highest BCUT2D eigenvalue weighted by atomic mass is 16.2. The summed E-state index contributed by atoms with van der Waals surface area (Å²) in [5, 5.41) is 5.11. The predicted octanol–water partition coefficient (Wildman–Crippen LogP) is 0.916. The molecule has 1 aromatic carbocycles. The molecule has 5 amide bonds. The van der Waals surface area contributed by atoms with Crippen molar-refractivity contribution < 1.29 is 24.0 Å². The molecule has 4 atom stereocenters. The minimum atomic E-state index is -1.00. The van der Waals surface area contributed by atoms with Crippen molar-refractivity contribution in [2.75, 3.05) is 0 Å². The highest BCUT2D eigenvalue weighted by Crippen LogP contribution is 2.43. The average Bonchev–Trinajstić information content (AvgIpc) is 3.42. The van der Waals surface area contributed by atoms with Crippen LogP contribution in [0.2, 0.25) is 0 Å². The van der Waals surface area contributed by atoms with Crippen molar-refractivity contribution in [3.05, 3.63) is 47.0 Å². The second-order valence-electron chi connectivity index (χ2n) is 8.39. The molecule has 30 heavy (non-hydrogen) atoms. The number of imide groups is 2. The van der Waals surface area contributed by atoms with Crippen LogP contribution < -0.4 is 10.6 Å². The van der Waals surface area contributed by atoms with Gasteiger partial charge in [0.15, 0.2) is 0 Å². The van der Waals surface area contributed by atoms with E-state index in [2.05, 4.69) is 22.8 Å². The average molecular weight is 407 g/mol. The van der Waals surface area contributed by atoms with Gasteiger partial charge in [-0.15, -0.1) is 0 Å². The van der Waals surface area contributed by atoms with E-state index in [9.17, 15) is 24.0 Å². The Labute approximate surface area is 172 Å². The van der Waals surface area contributed by atoms with Gasteiger partial charge in [-0.3, -0.25) is 34.2 Å². The molecule has 1 aromatic rings. The fraction of sp³-hybridized carbons (Fsp3) is 0.409. The molecule has 2 fully saturated rings. The number of hydrogen-bond acceptors (Lipinski definition) is 5. The summed E-state index contributed by atoms with van der Waals surface area (Å²) in [5.41, 5.74) is 0.993. The number of benzene rings is 1. The summed E-state index contributed by atoms with van der Waals surface area (Å²) in [5.74, 6) is -1.48. The molecule has 8 heteroatoms. The van der Waals surface area contributed by atoms with Gasteiger partial charge in [-0.25, -0.2) is 0 Å². The second-order valence-corrected chi connectivity index (χ2v) is 8.39. The van der Waals surface area contributed by atoms with E-state index in [1.54, 1.807) is 18.2 Å². The van der Waals surface area contributed by atoms with E-state index in [-0.39, 0.29) is 48.3 Å². The molecule has 8 nitrogen and oxygen atoms in total. The highest BCUT2D eigenvalue weighted by molar-refractivity contribution is 6.24. The Morgan fingerprint density at radius 2 is 1.93 bits per heavy atom. The van der Waals surface area contributed by atoms with Crippen LogP contribution in [0.1, 0.15) is 52.0 Å². The molecule has 1 saturated heterocycles. The zero-order chi connectivity index (χ0) is 21.0. The molecule has 2 N–H and O–H groups in total. The lowest BCUT2D eigenvalue weighted by atomic mass is 9.92. The fourth-order valence-electron chi connectivity index (χ4n) is 5.13. The lowest BCUT2D eigenvalue weighted by molar-refractivity contribution is -0.136. The van der Waals surface area contributed by atoms with Crippen LogP contribution in [-0.2, 0) is 20.9 Å². The molecule has 2 aliphatic heterocycles. The largest absolute Gasteiger partial charge is 0.352 e. The molecule has 3 unspecified atom stereocenters. The first kappa shape index (κ1) is 18.7. The van der Waals surface area contributed by atoms with Gasteiger partial charge in [0.05, 0.1) is 11.1 Å². The summed E-state index contributed by atoms with van der Waals surface area (Å²) < 4.78 is 0. The normalized spacial score (nSPS) is 29.4. The Kier molecular flexibility index (Phi) is 4.30. The van der Waals surface area contributed by atoms with E-state index in [1.165, 1.54) is 0 Å². The zero-order valence-corrected chi connectivity index (χ0v) is 16.2. The molecule has 0 radical (unpaired) electrons. The Balaban J connectivity index is 1.34. The van der Waals surface area contributed by atoms with Crippen LogP contribution in [0.5, 0.6) is 0 Å². The smallest absolute Gasteiger partial charge is 0.262 e. The predicted molar refractivity (Wildman–Crippen MR) is 104 cm³/mol. The molecule has 0 spiro atoms. The lowest BCUT2D eigenvalue weighted by Gasteiger charge is -2.27. The summed E-state index contributed by atoms with van der Waals surface area (Å²) in [7, 11) is 0. The summed E-state index contributed by atoms with van der Waals surface area (Å²) in [4.78, 5) is 63.1. The molecule has 1 saturated carbocycles. The zero-order valence-electron chi connectivity index (χ0n) is 16.2. The molecule has 2 bridgehead atoms. The molecule has 0 aromatic heterocycles. The van der Waals surface area contributed by atoms with Crippen molar-refractivity contribution in [3.63, 3.8) is 0 Å². The third-order valence-corrected chi connectivity index (χ3v) is 6.62. The van der Waals surface area contributed by atoms with Crippen LogP contribution in [0.4, 0.5) is 0 Å². The van der Waals surface area contributed by atoms with Gasteiger partial charge in [-0.1, -0.05) is 24.3 Å². The van der Waals surface area contributed by atoms with Crippen molar-refractivity contribution in [2.45, 2.75) is 38.3 Å². The third kappa shape index (κ3) is 2.86. The maximum absolute atomic E-state index is 13.1. The monoisotopic (exact) mass is 407 g/mol. The Hall–Kier alpha value is -3.29. The van der Waals surface area contributed by atoms with Crippen molar-refractivity contribution in [1.29, 1.82) is 0 Å². The fourth-order valence-corrected chi connectivity index (χ4v) is 5.13. The Morgan fingerprint density at radius 3 is 2.63 bits per heavy atom. The van der Waals surface area contributed by atoms with Gasteiger partial charge < -0.3 is 5.32 Å². The van der Waals surface area contributed by atoms with Gasteiger partial charge in [0, 0.05) is 18.9 Å². The first-order chi connectivity index (χ1) is 14.4. The summed E-state index contributed by atoms with van der Waals surface area (Å²) >= 11 is 0. The van der Waals surface area contributed by atoms with E-state index in [0.29, 0.717) is 11.5 Å². The van der Waals surface area contributed by atoms with E-state index in [4.69, 9.17) is 0 Å². The van der Waals surface area contributed by atoms with E-state index in [0.717, 1.165) is 17.7 Å². The Bertz CT molecular complexity index is 1030. The molecule has 2 aliphatic carbocycles. The number of fused-ring (bicyclic) bond motifs is 3. The van der Waals surface area contributed by atoms with Gasteiger partial charge in [-0.05, 0) is 42.7 Å². The van der Waals surface area contributed by atoms with Crippen LogP contribution in [-0.4, -0.2) is 40.5 Å². The van der Waals surface area contributed by atoms with Crippen molar-refractivity contribution in [1.82, 2.24) is 15.5 Å². The number of nitrogens with zero attached hydrogens (tertiary/aromatic N) is 1. The van der Waals surface area contributed by atoms with Crippen LogP contribution >= 0.6 is 0 Å². The first-order valence-corrected chi connectivity index (χ1v) is 10.2. The summed E-state index contributed by atoms with van der Waals surface area (Å²) in [6, 6.07) is 3.92. The maximum Gasteiger partial charge on any atom is 0.262 e. The molecule has 154 valence electrons. The minimum absolute atomic E-state index is 0.0387. The SMILES string of the molecule is O=C1CCC(N2C(=O)c3cccc(CNC(=O)C4C[C@H]5C=CC4C5)c3C2=O)C(=O)N1. The van der Waals surface area contributed by atoms with Crippen LogP contribution in [0.15, 0.2) is 30.4 Å². The number of amides is 5. The highest BCUT2D eigenvalue weighted by Gasteiger charge is 2.45. The van der Waals surface area contributed by atoms with Gasteiger partial charge in [-0.2, -0.15) is 0 Å². The summed E-state index contributed by atoms with van der Waals surface area (Å²) in [6.07, 6.45) is 6.34. The van der Waals surface area contributed by atoms with E-state index in [1.807, 2.05) is 0 Å². The van der Waals surface area contributed by atoms with Crippen molar-refractivity contribution >= 4 is 29.5 Å². The number of carbonyl (C=O) groups is 5. The quantitative estimate of drug-likeness (QED) is 0.569. The summed E-state index contributed by atoms with van der Waals surface area (Å²) in [6.45, 7) is 0.141. The maximum atomic E-state index is 13.1. The van der Waals surface area contributed by atoms with Crippen LogP contribution in [0.3, 0.4) is 0 Å². The molecular formula is C22H21N3O5. The number of piperidine rings is 1. The topological polar surface area (TPSA) is 113 Å². The van der Waals surface area contributed by atoms with Crippen molar-refractivity contribution in [2.24, 2.45) is 17.8 Å². The molecule has 5 rings (SSSR count). The van der Waals surface area contributed by atoms with E-state index < -0.39 is 29.7 Å². The molecular weight excluding hydrogens is 386 g/mol.